The second-order valence-electron chi connectivity index (χ2n) is 5.37. The van der Waals surface area contributed by atoms with E-state index in [4.69, 9.17) is 5.11 Å². The fraction of sp³-hybridized carbons (Fsp3) is 0.824. The van der Waals surface area contributed by atoms with E-state index in [1.807, 2.05) is 6.08 Å². The van der Waals surface area contributed by atoms with E-state index in [0.717, 1.165) is 6.42 Å². The molecule has 0 heterocycles. The summed E-state index contributed by atoms with van der Waals surface area (Å²) in [6, 6.07) is 0. The highest BCUT2D eigenvalue weighted by Gasteiger charge is 1.93. The van der Waals surface area contributed by atoms with E-state index in [1.54, 1.807) is 0 Å². The zero-order chi connectivity index (χ0) is 14.2. The molecule has 0 aromatic heterocycles. The zero-order valence-electron chi connectivity index (χ0n) is 12.7. The summed E-state index contributed by atoms with van der Waals surface area (Å²) in [7, 11) is 0. The molecule has 2 heteroatoms. The molecule has 0 aliphatic carbocycles. The molecule has 0 amide bonds. The molecule has 0 spiro atoms. The monoisotopic (exact) mass is 268 g/mol. The Bertz CT molecular complexity index is 221. The van der Waals surface area contributed by atoms with Crippen molar-refractivity contribution in [2.24, 2.45) is 0 Å². The van der Waals surface area contributed by atoms with Gasteiger partial charge in [-0.1, -0.05) is 76.9 Å². The molecule has 0 bridgehead atoms. The van der Waals surface area contributed by atoms with Gasteiger partial charge in [-0.25, -0.2) is 0 Å². The molecular weight excluding hydrogens is 236 g/mol. The number of carboxylic acids is 1. The first-order chi connectivity index (χ1) is 9.27. The average molecular weight is 268 g/mol. The second kappa shape index (κ2) is 15.3. The van der Waals surface area contributed by atoms with Crippen molar-refractivity contribution in [3.05, 3.63) is 12.2 Å². The van der Waals surface area contributed by atoms with Gasteiger partial charge in [-0.3, -0.25) is 4.79 Å². The zero-order valence-corrected chi connectivity index (χ0v) is 12.7. The van der Waals surface area contributed by atoms with Crippen LogP contribution in [0.15, 0.2) is 12.2 Å². The van der Waals surface area contributed by atoms with Crippen molar-refractivity contribution < 1.29 is 9.90 Å². The molecule has 0 aromatic carbocycles. The summed E-state index contributed by atoms with van der Waals surface area (Å²) < 4.78 is 0. The molecule has 0 saturated heterocycles. The van der Waals surface area contributed by atoms with Gasteiger partial charge in [0.1, 0.15) is 0 Å². The number of hydrogen-bond donors (Lipinski definition) is 1. The molecule has 0 aliphatic rings. The van der Waals surface area contributed by atoms with Gasteiger partial charge in [-0.05, 0) is 19.3 Å². The third kappa shape index (κ3) is 17.2. The van der Waals surface area contributed by atoms with Gasteiger partial charge in [0.15, 0.2) is 0 Å². The highest BCUT2D eigenvalue weighted by atomic mass is 16.4. The van der Waals surface area contributed by atoms with Gasteiger partial charge in [-0.15, -0.1) is 0 Å². The van der Waals surface area contributed by atoms with Crippen molar-refractivity contribution in [2.45, 2.75) is 90.4 Å². The number of allylic oxidation sites excluding steroid dienone is 2. The third-order valence-corrected chi connectivity index (χ3v) is 3.42. The van der Waals surface area contributed by atoms with Crippen LogP contribution in [-0.4, -0.2) is 11.1 Å². The lowest BCUT2D eigenvalue weighted by Gasteiger charge is -2.01. The lowest BCUT2D eigenvalue weighted by molar-refractivity contribution is -0.136. The maximum absolute atomic E-state index is 10.3. The predicted octanol–water partition coefficient (Wildman–Crippen LogP) is 5.72. The summed E-state index contributed by atoms with van der Waals surface area (Å²) in [5.41, 5.74) is 0. The fourth-order valence-electron chi connectivity index (χ4n) is 2.19. The quantitative estimate of drug-likeness (QED) is 0.323. The van der Waals surface area contributed by atoms with Crippen molar-refractivity contribution in [1.29, 1.82) is 0 Å². The highest BCUT2D eigenvalue weighted by molar-refractivity contribution is 5.66. The standard InChI is InChI=1S/C17H32O2/c1-2-3-4-5-6-7-8-9-10-11-12-13-14-15-16-17(18)19/h13-14H,2-12,15-16H2,1H3,(H,18,19). The van der Waals surface area contributed by atoms with Crippen LogP contribution in [0.5, 0.6) is 0 Å². The van der Waals surface area contributed by atoms with Gasteiger partial charge in [0, 0.05) is 6.42 Å². The van der Waals surface area contributed by atoms with Gasteiger partial charge in [-0.2, -0.15) is 0 Å². The minimum absolute atomic E-state index is 0.258. The van der Waals surface area contributed by atoms with Gasteiger partial charge in [0.25, 0.3) is 0 Å². The van der Waals surface area contributed by atoms with E-state index >= 15 is 0 Å². The largest absolute Gasteiger partial charge is 0.481 e. The Kier molecular flexibility index (Phi) is 14.6. The molecular formula is C17H32O2. The first kappa shape index (κ1) is 18.2. The Balaban J connectivity index is 3.04. The summed E-state index contributed by atoms with van der Waals surface area (Å²) in [6.07, 6.45) is 19.9. The molecule has 0 aliphatic heterocycles. The molecule has 0 atom stereocenters. The summed E-state index contributed by atoms with van der Waals surface area (Å²) in [5, 5.41) is 8.47. The SMILES string of the molecule is CCCCCCCCCCCCC=CCCC(=O)O. The van der Waals surface area contributed by atoms with Crippen molar-refractivity contribution in [1.82, 2.24) is 0 Å². The van der Waals surface area contributed by atoms with Gasteiger partial charge in [0.2, 0.25) is 0 Å². The Labute approximate surface area is 119 Å². The van der Waals surface area contributed by atoms with Gasteiger partial charge >= 0.3 is 5.97 Å². The molecule has 0 fully saturated rings. The molecule has 0 saturated carbocycles. The van der Waals surface area contributed by atoms with Gasteiger partial charge < -0.3 is 5.11 Å². The van der Waals surface area contributed by atoms with Crippen LogP contribution >= 0.6 is 0 Å². The summed E-state index contributed by atoms with van der Waals surface area (Å²) in [4.78, 5) is 10.3. The summed E-state index contributed by atoms with van der Waals surface area (Å²) in [6.45, 7) is 2.26. The molecule has 0 rings (SSSR count). The van der Waals surface area contributed by atoms with E-state index in [1.165, 1.54) is 64.2 Å². The van der Waals surface area contributed by atoms with E-state index in [-0.39, 0.29) is 6.42 Å². The Morgan fingerprint density at radius 1 is 0.789 bits per heavy atom. The van der Waals surface area contributed by atoms with Crippen molar-refractivity contribution in [3.63, 3.8) is 0 Å². The topological polar surface area (TPSA) is 37.3 Å². The molecule has 0 aromatic rings. The van der Waals surface area contributed by atoms with E-state index < -0.39 is 5.97 Å². The first-order valence-corrected chi connectivity index (χ1v) is 8.14. The Morgan fingerprint density at radius 3 is 1.79 bits per heavy atom. The predicted molar refractivity (Wildman–Crippen MR) is 82.5 cm³/mol. The first-order valence-electron chi connectivity index (χ1n) is 8.14. The lowest BCUT2D eigenvalue weighted by atomic mass is 10.1. The normalized spacial score (nSPS) is 11.2. The summed E-state index contributed by atoms with van der Waals surface area (Å²) >= 11 is 0. The second-order valence-corrected chi connectivity index (χ2v) is 5.37. The molecule has 2 nitrogen and oxygen atoms in total. The number of aliphatic carboxylic acids is 1. The minimum Gasteiger partial charge on any atom is -0.481 e. The number of rotatable bonds is 14. The van der Waals surface area contributed by atoms with Crippen molar-refractivity contribution in [2.75, 3.05) is 0 Å². The van der Waals surface area contributed by atoms with Crippen LogP contribution in [0, 0.1) is 0 Å². The number of carboxylic acid groups (broad SMARTS) is 1. The number of hydrogen-bond acceptors (Lipinski definition) is 1. The van der Waals surface area contributed by atoms with E-state index in [9.17, 15) is 4.79 Å². The molecule has 19 heavy (non-hydrogen) atoms. The van der Waals surface area contributed by atoms with Crippen LogP contribution in [0.3, 0.4) is 0 Å². The number of carbonyl (C=O) groups is 1. The maximum atomic E-state index is 10.3. The van der Waals surface area contributed by atoms with Crippen LogP contribution in [0.25, 0.3) is 0 Å². The van der Waals surface area contributed by atoms with E-state index in [2.05, 4.69) is 13.0 Å². The fourth-order valence-corrected chi connectivity index (χ4v) is 2.19. The van der Waals surface area contributed by atoms with Crippen LogP contribution < -0.4 is 0 Å². The Morgan fingerprint density at radius 2 is 1.26 bits per heavy atom. The van der Waals surface area contributed by atoms with Crippen LogP contribution in [-0.2, 0) is 4.79 Å². The smallest absolute Gasteiger partial charge is 0.303 e. The Hall–Kier alpha value is -0.790. The third-order valence-electron chi connectivity index (χ3n) is 3.42. The van der Waals surface area contributed by atoms with Gasteiger partial charge in [0.05, 0.1) is 0 Å². The molecule has 0 unspecified atom stereocenters. The van der Waals surface area contributed by atoms with Crippen molar-refractivity contribution >= 4 is 5.97 Å². The number of unbranched alkanes of at least 4 members (excludes halogenated alkanes) is 10. The maximum Gasteiger partial charge on any atom is 0.303 e. The molecule has 1 N–H and O–H groups in total. The van der Waals surface area contributed by atoms with Crippen LogP contribution in [0.2, 0.25) is 0 Å². The molecule has 112 valence electrons. The summed E-state index contributed by atoms with van der Waals surface area (Å²) in [5.74, 6) is -0.705. The van der Waals surface area contributed by atoms with Crippen LogP contribution in [0.1, 0.15) is 90.4 Å². The average Bonchev–Trinajstić information content (AvgIpc) is 2.39. The highest BCUT2D eigenvalue weighted by Crippen LogP contribution is 2.11. The molecule has 0 radical (unpaired) electrons. The minimum atomic E-state index is -0.705. The lowest BCUT2D eigenvalue weighted by Crippen LogP contribution is -1.91. The van der Waals surface area contributed by atoms with E-state index in [0.29, 0.717) is 6.42 Å². The van der Waals surface area contributed by atoms with Crippen molar-refractivity contribution in [3.8, 4) is 0 Å². The van der Waals surface area contributed by atoms with Crippen LogP contribution in [0.4, 0.5) is 0 Å².